The van der Waals surface area contributed by atoms with Crippen LogP contribution < -0.4 is 0 Å². The minimum atomic E-state index is -0.256. The summed E-state index contributed by atoms with van der Waals surface area (Å²) in [4.78, 5) is 28.4. The first-order valence-electron chi connectivity index (χ1n) is 9.34. The Hall–Kier alpha value is -2.08. The fourth-order valence-electron chi connectivity index (χ4n) is 4.02. The third-order valence-electron chi connectivity index (χ3n) is 5.44. The van der Waals surface area contributed by atoms with Crippen LogP contribution in [-0.4, -0.2) is 61.7 Å². The van der Waals surface area contributed by atoms with Gasteiger partial charge in [0.25, 0.3) is 0 Å². The summed E-state index contributed by atoms with van der Waals surface area (Å²) in [5.41, 5.74) is 0.979. The Morgan fingerprint density at radius 3 is 2.77 bits per heavy atom. The lowest BCUT2D eigenvalue weighted by atomic mass is 9.73. The van der Waals surface area contributed by atoms with Crippen LogP contribution in [0.3, 0.4) is 0 Å². The highest BCUT2D eigenvalue weighted by atomic mass is 16.6. The van der Waals surface area contributed by atoms with Crippen LogP contribution in [0.4, 0.5) is 4.79 Å². The number of ether oxygens (including phenoxy) is 2. The molecule has 0 aliphatic carbocycles. The monoisotopic (exact) mass is 360 g/mol. The van der Waals surface area contributed by atoms with Gasteiger partial charge in [-0.2, -0.15) is 0 Å². The van der Waals surface area contributed by atoms with Gasteiger partial charge in [-0.25, -0.2) is 4.79 Å². The van der Waals surface area contributed by atoms with Gasteiger partial charge in [-0.05, 0) is 24.8 Å². The van der Waals surface area contributed by atoms with Gasteiger partial charge in [0.05, 0.1) is 6.61 Å². The molecule has 142 valence electrons. The van der Waals surface area contributed by atoms with Crippen molar-refractivity contribution < 1.29 is 19.1 Å². The summed E-state index contributed by atoms with van der Waals surface area (Å²) < 4.78 is 10.6. The van der Waals surface area contributed by atoms with Crippen molar-refractivity contribution in [3.05, 3.63) is 35.9 Å². The smallest absolute Gasteiger partial charge is 0.410 e. The molecule has 3 rings (SSSR count). The van der Waals surface area contributed by atoms with Crippen LogP contribution >= 0.6 is 0 Å². The molecule has 0 saturated carbocycles. The van der Waals surface area contributed by atoms with Crippen LogP contribution in [0.1, 0.15) is 31.2 Å². The number of piperidine rings is 2. The van der Waals surface area contributed by atoms with Crippen molar-refractivity contribution in [3.63, 3.8) is 0 Å². The first kappa shape index (κ1) is 18.7. The van der Waals surface area contributed by atoms with Gasteiger partial charge in [0, 0.05) is 45.1 Å². The second kappa shape index (κ2) is 8.54. The molecule has 0 N–H and O–H groups in total. The number of likely N-dealkylation sites (tertiary alicyclic amines) is 2. The first-order valence-corrected chi connectivity index (χ1v) is 9.34. The van der Waals surface area contributed by atoms with Gasteiger partial charge in [-0.3, -0.25) is 4.79 Å². The molecule has 1 aromatic rings. The third-order valence-corrected chi connectivity index (χ3v) is 5.44. The third kappa shape index (κ3) is 4.55. The zero-order valence-electron chi connectivity index (χ0n) is 15.5. The lowest BCUT2D eigenvalue weighted by molar-refractivity contribution is -0.139. The van der Waals surface area contributed by atoms with Gasteiger partial charge in [0.1, 0.15) is 6.61 Å². The van der Waals surface area contributed by atoms with Crippen LogP contribution in [0.2, 0.25) is 0 Å². The second-order valence-electron chi connectivity index (χ2n) is 7.37. The van der Waals surface area contributed by atoms with Crippen molar-refractivity contribution in [2.45, 2.75) is 32.3 Å². The van der Waals surface area contributed by atoms with Crippen LogP contribution in [0.15, 0.2) is 30.3 Å². The number of carbonyl (C=O) groups excluding carboxylic acids is 2. The van der Waals surface area contributed by atoms with E-state index in [0.29, 0.717) is 39.3 Å². The number of benzene rings is 1. The summed E-state index contributed by atoms with van der Waals surface area (Å²) in [7, 11) is 1.65. The maximum atomic E-state index is 12.5. The standard InChI is InChI=1S/C20H28N2O4/c1-25-13-12-21-15-20(10-8-18(21)23)9-5-11-22(16-20)19(24)26-14-17-6-3-2-4-7-17/h2-4,6-7H,5,8-16H2,1H3/t20-/m1/s1. The minimum absolute atomic E-state index is 0.00827. The molecule has 0 aromatic heterocycles. The number of amides is 2. The zero-order chi connectivity index (χ0) is 18.4. The Morgan fingerprint density at radius 2 is 2.00 bits per heavy atom. The van der Waals surface area contributed by atoms with Crippen molar-refractivity contribution in [1.29, 1.82) is 0 Å². The highest BCUT2D eigenvalue weighted by Crippen LogP contribution is 2.39. The van der Waals surface area contributed by atoms with Crippen LogP contribution in [0.5, 0.6) is 0 Å². The molecule has 6 nitrogen and oxygen atoms in total. The van der Waals surface area contributed by atoms with Crippen molar-refractivity contribution in [2.75, 3.05) is 39.9 Å². The molecule has 2 aliphatic rings. The molecule has 2 aliphatic heterocycles. The van der Waals surface area contributed by atoms with Gasteiger partial charge in [0.15, 0.2) is 0 Å². The van der Waals surface area contributed by atoms with E-state index in [1.165, 1.54) is 0 Å². The predicted octanol–water partition coefficient (Wildman–Crippen LogP) is 2.67. The van der Waals surface area contributed by atoms with E-state index in [9.17, 15) is 9.59 Å². The Balaban J connectivity index is 1.57. The van der Waals surface area contributed by atoms with Crippen molar-refractivity contribution in [3.8, 4) is 0 Å². The lowest BCUT2D eigenvalue weighted by Gasteiger charge is -2.47. The van der Waals surface area contributed by atoms with Crippen molar-refractivity contribution in [1.82, 2.24) is 9.80 Å². The highest BCUT2D eigenvalue weighted by molar-refractivity contribution is 5.77. The lowest BCUT2D eigenvalue weighted by Crippen LogP contribution is -2.55. The van der Waals surface area contributed by atoms with E-state index in [4.69, 9.17) is 9.47 Å². The fraction of sp³-hybridized carbons (Fsp3) is 0.600. The summed E-state index contributed by atoms with van der Waals surface area (Å²) in [6.45, 7) is 3.55. The van der Waals surface area contributed by atoms with Crippen LogP contribution in [0, 0.1) is 5.41 Å². The van der Waals surface area contributed by atoms with Crippen molar-refractivity contribution in [2.24, 2.45) is 5.41 Å². The molecule has 2 heterocycles. The molecule has 6 heteroatoms. The summed E-state index contributed by atoms with van der Waals surface area (Å²) in [6.07, 6.45) is 3.14. The molecule has 26 heavy (non-hydrogen) atoms. The van der Waals surface area contributed by atoms with E-state index in [0.717, 1.165) is 31.4 Å². The Bertz CT molecular complexity index is 621. The number of nitrogens with zero attached hydrogens (tertiary/aromatic N) is 2. The van der Waals surface area contributed by atoms with Gasteiger partial charge in [-0.15, -0.1) is 0 Å². The highest BCUT2D eigenvalue weighted by Gasteiger charge is 2.42. The minimum Gasteiger partial charge on any atom is -0.445 e. The summed E-state index contributed by atoms with van der Waals surface area (Å²) in [6, 6.07) is 9.72. The maximum absolute atomic E-state index is 12.5. The molecule has 2 fully saturated rings. The van der Waals surface area contributed by atoms with Gasteiger partial charge in [0.2, 0.25) is 5.91 Å². The number of methoxy groups -OCH3 is 1. The normalized spacial score (nSPS) is 23.3. The SMILES string of the molecule is COCCN1C[C@@]2(CCCN(C(=O)OCc3ccccc3)C2)CCC1=O. The number of carbonyl (C=O) groups is 2. The summed E-state index contributed by atoms with van der Waals surface area (Å²) >= 11 is 0. The summed E-state index contributed by atoms with van der Waals surface area (Å²) in [5, 5.41) is 0. The zero-order valence-corrected chi connectivity index (χ0v) is 15.5. The molecule has 1 spiro atoms. The average molecular weight is 360 g/mol. The topological polar surface area (TPSA) is 59.1 Å². The quantitative estimate of drug-likeness (QED) is 0.810. The van der Waals surface area contributed by atoms with E-state index in [2.05, 4.69) is 0 Å². The molecule has 0 radical (unpaired) electrons. The first-order chi connectivity index (χ1) is 12.6. The van der Waals surface area contributed by atoms with Crippen LogP contribution in [-0.2, 0) is 20.9 Å². The molecule has 1 aromatic carbocycles. The largest absolute Gasteiger partial charge is 0.445 e. The Labute approximate surface area is 155 Å². The number of rotatable bonds is 5. The molecule has 2 amide bonds. The Morgan fingerprint density at radius 1 is 1.19 bits per heavy atom. The van der Waals surface area contributed by atoms with Gasteiger partial charge >= 0.3 is 6.09 Å². The molecule has 0 bridgehead atoms. The van der Waals surface area contributed by atoms with E-state index in [1.54, 1.807) is 7.11 Å². The van der Waals surface area contributed by atoms with Gasteiger partial charge in [-0.1, -0.05) is 30.3 Å². The molecular weight excluding hydrogens is 332 g/mol. The predicted molar refractivity (Wildman–Crippen MR) is 97.6 cm³/mol. The average Bonchev–Trinajstić information content (AvgIpc) is 2.68. The number of hydrogen-bond acceptors (Lipinski definition) is 4. The second-order valence-corrected chi connectivity index (χ2v) is 7.37. The van der Waals surface area contributed by atoms with E-state index >= 15 is 0 Å². The molecule has 0 unspecified atom stereocenters. The van der Waals surface area contributed by atoms with E-state index in [1.807, 2.05) is 40.1 Å². The number of hydrogen-bond donors (Lipinski definition) is 0. The van der Waals surface area contributed by atoms with Crippen molar-refractivity contribution >= 4 is 12.0 Å². The fourth-order valence-corrected chi connectivity index (χ4v) is 4.02. The summed E-state index contributed by atoms with van der Waals surface area (Å²) in [5.74, 6) is 0.191. The van der Waals surface area contributed by atoms with Gasteiger partial charge < -0.3 is 19.3 Å². The molecular formula is C20H28N2O4. The van der Waals surface area contributed by atoms with E-state index in [-0.39, 0.29) is 17.4 Å². The van der Waals surface area contributed by atoms with E-state index < -0.39 is 0 Å². The maximum Gasteiger partial charge on any atom is 0.410 e. The van der Waals surface area contributed by atoms with Crippen LogP contribution in [0.25, 0.3) is 0 Å². The Kier molecular flexibility index (Phi) is 6.14. The molecule has 2 saturated heterocycles. The molecule has 1 atom stereocenters.